The van der Waals surface area contributed by atoms with Gasteiger partial charge in [-0.2, -0.15) is 0 Å². The fraction of sp³-hybridized carbons (Fsp3) is 1.00. The maximum Gasteiger partial charge on any atom is 0.0900 e. The summed E-state index contributed by atoms with van der Waals surface area (Å²) in [5.74, 6) is 0. The summed E-state index contributed by atoms with van der Waals surface area (Å²) in [4.78, 5) is 2.23. The Kier molecular flexibility index (Phi) is 13.0. The van der Waals surface area contributed by atoms with Crippen molar-refractivity contribution >= 4 is 0 Å². The molecule has 0 amide bonds. The summed E-state index contributed by atoms with van der Waals surface area (Å²) >= 11 is 0. The van der Waals surface area contributed by atoms with Crippen LogP contribution >= 0.6 is 0 Å². The van der Waals surface area contributed by atoms with E-state index >= 15 is 0 Å². The number of ether oxygens (including phenoxy) is 1. The number of nitrogens with one attached hydrogen (secondary N) is 2. The number of aliphatic hydroxyl groups excluding tert-OH is 1. The number of hydrogen-bond donors (Lipinski definition) is 5. The summed E-state index contributed by atoms with van der Waals surface area (Å²) in [6, 6.07) is 0. The normalized spacial score (nSPS) is 13.8. The van der Waals surface area contributed by atoms with Crippen molar-refractivity contribution in [2.45, 2.75) is 32.5 Å². The van der Waals surface area contributed by atoms with E-state index < -0.39 is 6.10 Å². The molecule has 0 aromatic carbocycles. The smallest absolute Gasteiger partial charge is 0.0900 e. The molecule has 7 nitrogen and oxygen atoms in total. The highest BCUT2D eigenvalue weighted by atomic mass is 16.5. The molecule has 0 spiro atoms. The van der Waals surface area contributed by atoms with Crippen LogP contribution in [0.3, 0.4) is 0 Å². The summed E-state index contributed by atoms with van der Waals surface area (Å²) in [6.45, 7) is 13.3. The molecule has 7 heteroatoms. The molecule has 0 rings (SSSR count). The molecular formula is C15H37N5O2. The van der Waals surface area contributed by atoms with Gasteiger partial charge in [0.1, 0.15) is 0 Å². The topological polar surface area (TPSA) is 109 Å². The van der Waals surface area contributed by atoms with Crippen molar-refractivity contribution in [1.82, 2.24) is 15.5 Å². The first-order chi connectivity index (χ1) is 10.4. The summed E-state index contributed by atoms with van der Waals surface area (Å²) in [5.41, 5.74) is 10.7. The van der Waals surface area contributed by atoms with Crippen molar-refractivity contribution in [3.8, 4) is 0 Å². The molecule has 0 heterocycles. The first-order valence-corrected chi connectivity index (χ1v) is 8.25. The van der Waals surface area contributed by atoms with E-state index in [9.17, 15) is 5.11 Å². The fourth-order valence-corrected chi connectivity index (χ4v) is 1.92. The second-order valence-corrected chi connectivity index (χ2v) is 6.46. The third-order valence-corrected chi connectivity index (χ3v) is 3.03. The first-order valence-electron chi connectivity index (χ1n) is 8.25. The van der Waals surface area contributed by atoms with E-state index in [0.717, 1.165) is 39.3 Å². The number of aliphatic hydroxyl groups is 1. The molecule has 0 aliphatic rings. The molecule has 1 unspecified atom stereocenters. The predicted molar refractivity (Wildman–Crippen MR) is 92.0 cm³/mol. The van der Waals surface area contributed by atoms with E-state index in [2.05, 4.69) is 15.5 Å². The Hall–Kier alpha value is -0.280. The molecule has 0 aromatic heterocycles. The van der Waals surface area contributed by atoms with Crippen LogP contribution in [-0.2, 0) is 4.74 Å². The lowest BCUT2D eigenvalue weighted by Crippen LogP contribution is -2.43. The molecule has 0 aromatic rings. The van der Waals surface area contributed by atoms with Crippen LogP contribution in [0.5, 0.6) is 0 Å². The lowest BCUT2D eigenvalue weighted by Gasteiger charge is -2.27. The van der Waals surface area contributed by atoms with Gasteiger partial charge in [-0.25, -0.2) is 0 Å². The van der Waals surface area contributed by atoms with Crippen LogP contribution in [0.25, 0.3) is 0 Å². The highest BCUT2D eigenvalue weighted by Crippen LogP contribution is 2.07. The average molecular weight is 319 g/mol. The molecule has 0 saturated heterocycles. The Morgan fingerprint density at radius 2 is 1.50 bits per heavy atom. The van der Waals surface area contributed by atoms with E-state index in [-0.39, 0.29) is 5.60 Å². The second kappa shape index (κ2) is 13.2. The fourth-order valence-electron chi connectivity index (χ4n) is 1.92. The van der Waals surface area contributed by atoms with Crippen LogP contribution in [0.1, 0.15) is 20.8 Å². The van der Waals surface area contributed by atoms with Crippen molar-refractivity contribution in [3.63, 3.8) is 0 Å². The molecule has 7 N–H and O–H groups in total. The zero-order valence-corrected chi connectivity index (χ0v) is 14.6. The number of nitrogens with two attached hydrogens (primary N) is 2. The maximum atomic E-state index is 10.1. The molecule has 0 aliphatic carbocycles. The zero-order valence-electron chi connectivity index (χ0n) is 14.6. The van der Waals surface area contributed by atoms with Gasteiger partial charge < -0.3 is 31.9 Å². The van der Waals surface area contributed by atoms with E-state index in [1.807, 2.05) is 20.8 Å². The van der Waals surface area contributed by atoms with Crippen LogP contribution in [0.4, 0.5) is 0 Å². The monoisotopic (exact) mass is 319 g/mol. The summed E-state index contributed by atoms with van der Waals surface area (Å²) in [5, 5.41) is 16.7. The molecule has 0 radical (unpaired) electrons. The van der Waals surface area contributed by atoms with Crippen molar-refractivity contribution in [3.05, 3.63) is 0 Å². The van der Waals surface area contributed by atoms with Gasteiger partial charge >= 0.3 is 0 Å². The van der Waals surface area contributed by atoms with Gasteiger partial charge in [-0.15, -0.1) is 0 Å². The van der Waals surface area contributed by atoms with Gasteiger partial charge in [-0.1, -0.05) is 0 Å². The van der Waals surface area contributed by atoms with E-state index in [4.69, 9.17) is 16.2 Å². The lowest BCUT2D eigenvalue weighted by molar-refractivity contribution is -0.0559. The largest absolute Gasteiger partial charge is 0.389 e. The Morgan fingerprint density at radius 1 is 1.00 bits per heavy atom. The van der Waals surface area contributed by atoms with Gasteiger partial charge in [0.2, 0.25) is 0 Å². The van der Waals surface area contributed by atoms with Crippen LogP contribution in [0.2, 0.25) is 0 Å². The number of rotatable bonds is 14. The van der Waals surface area contributed by atoms with Crippen molar-refractivity contribution < 1.29 is 9.84 Å². The Morgan fingerprint density at radius 3 is 1.91 bits per heavy atom. The third-order valence-electron chi connectivity index (χ3n) is 3.03. The molecule has 0 bridgehead atoms. The molecule has 0 fully saturated rings. The highest BCUT2D eigenvalue weighted by Gasteiger charge is 2.16. The van der Waals surface area contributed by atoms with Crippen molar-refractivity contribution in [2.24, 2.45) is 11.5 Å². The van der Waals surface area contributed by atoms with Crippen molar-refractivity contribution in [2.75, 3.05) is 65.5 Å². The molecule has 0 saturated carbocycles. The summed E-state index contributed by atoms with van der Waals surface area (Å²) < 4.78 is 5.64. The molecule has 134 valence electrons. The lowest BCUT2D eigenvalue weighted by atomic mass is 10.2. The Balaban J connectivity index is 4.07. The van der Waals surface area contributed by atoms with E-state index in [0.29, 0.717) is 26.2 Å². The minimum atomic E-state index is -0.483. The van der Waals surface area contributed by atoms with Crippen molar-refractivity contribution in [1.29, 1.82) is 0 Å². The second-order valence-electron chi connectivity index (χ2n) is 6.46. The Bertz CT molecular complexity index is 237. The van der Waals surface area contributed by atoms with Gasteiger partial charge in [0.15, 0.2) is 0 Å². The van der Waals surface area contributed by atoms with E-state index in [1.165, 1.54) is 0 Å². The van der Waals surface area contributed by atoms with Crippen LogP contribution in [-0.4, -0.2) is 87.2 Å². The van der Waals surface area contributed by atoms with Crippen LogP contribution < -0.4 is 22.1 Å². The van der Waals surface area contributed by atoms with Gasteiger partial charge in [0.05, 0.1) is 18.3 Å². The molecule has 22 heavy (non-hydrogen) atoms. The van der Waals surface area contributed by atoms with E-state index in [1.54, 1.807) is 0 Å². The van der Waals surface area contributed by atoms with Gasteiger partial charge in [-0.3, -0.25) is 4.90 Å². The van der Waals surface area contributed by atoms with Gasteiger partial charge in [0.25, 0.3) is 0 Å². The van der Waals surface area contributed by atoms with Crippen LogP contribution in [0, 0.1) is 0 Å². The van der Waals surface area contributed by atoms with Gasteiger partial charge in [-0.05, 0) is 20.8 Å². The maximum absolute atomic E-state index is 10.1. The first kappa shape index (κ1) is 21.7. The summed E-state index contributed by atoms with van der Waals surface area (Å²) in [6.07, 6.45) is -0.483. The standard InChI is InChI=1S/C15H37N5O2/c1-15(2,3)22-13-14(21)12-20(10-8-18-6-4-16)11-9-19-7-5-17/h14,18-19,21H,4-13,16-17H2,1-3H3. The number of hydrogen-bond acceptors (Lipinski definition) is 7. The third kappa shape index (κ3) is 14.6. The highest BCUT2D eigenvalue weighted by molar-refractivity contribution is 4.69. The predicted octanol–water partition coefficient (Wildman–Crippen LogP) is -1.44. The molecule has 0 aliphatic heterocycles. The summed E-state index contributed by atoms with van der Waals surface area (Å²) in [7, 11) is 0. The minimum absolute atomic E-state index is 0.225. The Labute approximate surface area is 135 Å². The minimum Gasteiger partial charge on any atom is -0.389 e. The molecular weight excluding hydrogens is 282 g/mol. The zero-order chi connectivity index (χ0) is 16.8. The number of nitrogens with zero attached hydrogens (tertiary/aromatic N) is 1. The molecule has 1 atom stereocenters. The quantitative estimate of drug-likeness (QED) is 0.250. The average Bonchev–Trinajstić information content (AvgIpc) is 2.45. The SMILES string of the molecule is CC(C)(C)OCC(O)CN(CCNCCN)CCNCCN. The van der Waals surface area contributed by atoms with Gasteiger partial charge in [0, 0.05) is 58.9 Å². The van der Waals surface area contributed by atoms with Crippen LogP contribution in [0.15, 0.2) is 0 Å².